The first-order valence-electron chi connectivity index (χ1n) is 11.3. The van der Waals surface area contributed by atoms with Crippen molar-refractivity contribution in [3.63, 3.8) is 0 Å². The van der Waals surface area contributed by atoms with Crippen molar-refractivity contribution in [3.8, 4) is 5.75 Å². The molecule has 2 aliphatic rings. The summed E-state index contributed by atoms with van der Waals surface area (Å²) in [6, 6.07) is 4.74. The van der Waals surface area contributed by atoms with E-state index >= 15 is 0 Å². The van der Waals surface area contributed by atoms with E-state index < -0.39 is 0 Å². The lowest BCUT2D eigenvalue weighted by Crippen LogP contribution is -2.52. The van der Waals surface area contributed by atoms with Gasteiger partial charge in [-0.25, -0.2) is 0 Å². The monoisotopic (exact) mass is 410 g/mol. The van der Waals surface area contributed by atoms with Crippen LogP contribution in [0.5, 0.6) is 5.75 Å². The van der Waals surface area contributed by atoms with Gasteiger partial charge in [0.05, 0.1) is 7.11 Å². The number of hydrogen-bond acceptors (Lipinski definition) is 4. The summed E-state index contributed by atoms with van der Waals surface area (Å²) in [5.41, 5.74) is 3.82. The third-order valence-corrected chi connectivity index (χ3v) is 6.98. The SMILES string of the molecule is COc1cc2oc(C)c(C)c2cc1/C(C)=C/C(=O)N1CCN(C2CCCCC2)CC1. The molecule has 1 saturated carbocycles. The molecule has 0 spiro atoms. The fourth-order valence-corrected chi connectivity index (χ4v) is 4.95. The maximum atomic E-state index is 13.0. The van der Waals surface area contributed by atoms with E-state index in [9.17, 15) is 4.79 Å². The number of furan rings is 1. The predicted molar refractivity (Wildman–Crippen MR) is 121 cm³/mol. The maximum absolute atomic E-state index is 13.0. The van der Waals surface area contributed by atoms with Gasteiger partial charge in [-0.1, -0.05) is 19.3 Å². The second-order valence-electron chi connectivity index (χ2n) is 8.81. The summed E-state index contributed by atoms with van der Waals surface area (Å²) in [5.74, 6) is 1.75. The van der Waals surface area contributed by atoms with Crippen molar-refractivity contribution in [1.29, 1.82) is 0 Å². The quantitative estimate of drug-likeness (QED) is 0.670. The molecule has 1 aliphatic carbocycles. The maximum Gasteiger partial charge on any atom is 0.246 e. The lowest BCUT2D eigenvalue weighted by atomic mass is 9.94. The molecule has 0 bridgehead atoms. The van der Waals surface area contributed by atoms with Crippen LogP contribution in [0.3, 0.4) is 0 Å². The van der Waals surface area contributed by atoms with Crippen molar-refractivity contribution in [3.05, 3.63) is 35.1 Å². The zero-order valence-corrected chi connectivity index (χ0v) is 18.8. The highest BCUT2D eigenvalue weighted by atomic mass is 16.5. The van der Waals surface area contributed by atoms with Crippen LogP contribution in [-0.4, -0.2) is 55.0 Å². The van der Waals surface area contributed by atoms with E-state index in [1.807, 2.05) is 24.8 Å². The highest BCUT2D eigenvalue weighted by Gasteiger charge is 2.26. The Bertz CT molecular complexity index is 945. The lowest BCUT2D eigenvalue weighted by Gasteiger charge is -2.40. The van der Waals surface area contributed by atoms with Gasteiger partial charge in [-0.2, -0.15) is 0 Å². The zero-order chi connectivity index (χ0) is 21.3. The fourth-order valence-electron chi connectivity index (χ4n) is 4.95. The Balaban J connectivity index is 1.48. The Kier molecular flexibility index (Phi) is 6.19. The number of piperazine rings is 1. The van der Waals surface area contributed by atoms with E-state index in [-0.39, 0.29) is 5.91 Å². The molecule has 2 fully saturated rings. The Hall–Kier alpha value is -2.27. The predicted octanol–water partition coefficient (Wildman–Crippen LogP) is 4.94. The molecule has 0 atom stereocenters. The molecule has 0 unspecified atom stereocenters. The molecule has 1 amide bonds. The molecule has 5 nitrogen and oxygen atoms in total. The van der Waals surface area contributed by atoms with Gasteiger partial charge in [0.15, 0.2) is 0 Å². The van der Waals surface area contributed by atoms with Crippen LogP contribution in [0.15, 0.2) is 22.6 Å². The van der Waals surface area contributed by atoms with E-state index in [0.29, 0.717) is 0 Å². The van der Waals surface area contributed by atoms with Crippen molar-refractivity contribution < 1.29 is 13.9 Å². The van der Waals surface area contributed by atoms with Crippen molar-refractivity contribution in [2.75, 3.05) is 33.3 Å². The number of aryl methyl sites for hydroxylation is 2. The standard InChI is InChI=1S/C25H34N2O3/c1-17(21-15-22-18(2)19(3)30-24(22)16-23(21)29-4)14-25(28)27-12-10-26(11-13-27)20-8-6-5-7-9-20/h14-16,20H,5-13H2,1-4H3/b17-14+. The summed E-state index contributed by atoms with van der Waals surface area (Å²) in [5, 5.41) is 1.07. The first-order chi connectivity index (χ1) is 14.5. The first-order valence-corrected chi connectivity index (χ1v) is 11.3. The van der Waals surface area contributed by atoms with Gasteiger partial charge < -0.3 is 14.1 Å². The second-order valence-corrected chi connectivity index (χ2v) is 8.81. The van der Waals surface area contributed by atoms with Crippen molar-refractivity contribution in [1.82, 2.24) is 9.80 Å². The van der Waals surface area contributed by atoms with Crippen molar-refractivity contribution in [2.24, 2.45) is 0 Å². The molecule has 1 aromatic carbocycles. The molecule has 0 N–H and O–H groups in total. The summed E-state index contributed by atoms with van der Waals surface area (Å²) in [7, 11) is 1.66. The van der Waals surface area contributed by atoms with Gasteiger partial charge in [0.2, 0.25) is 5.91 Å². The smallest absolute Gasteiger partial charge is 0.246 e. The van der Waals surface area contributed by atoms with Crippen LogP contribution in [0, 0.1) is 13.8 Å². The third-order valence-electron chi connectivity index (χ3n) is 6.98. The van der Waals surface area contributed by atoms with Crippen LogP contribution in [0.25, 0.3) is 16.5 Å². The molecule has 4 rings (SSSR count). The molecule has 0 radical (unpaired) electrons. The van der Waals surface area contributed by atoms with Gasteiger partial charge in [-0.15, -0.1) is 0 Å². The van der Waals surface area contributed by atoms with Gasteiger partial charge in [0, 0.05) is 55.3 Å². The number of methoxy groups -OCH3 is 1. The Morgan fingerprint density at radius 1 is 1.10 bits per heavy atom. The number of ether oxygens (including phenoxy) is 1. The summed E-state index contributed by atoms with van der Waals surface area (Å²) < 4.78 is 11.4. The minimum atomic E-state index is 0.0954. The fraction of sp³-hybridized carbons (Fsp3) is 0.560. The molecule has 1 aromatic heterocycles. The van der Waals surface area contributed by atoms with E-state index in [1.165, 1.54) is 32.1 Å². The van der Waals surface area contributed by atoms with E-state index in [0.717, 1.165) is 71.4 Å². The van der Waals surface area contributed by atoms with Crippen LogP contribution in [-0.2, 0) is 4.79 Å². The number of allylic oxidation sites excluding steroid dienone is 1. The van der Waals surface area contributed by atoms with Gasteiger partial charge in [0.1, 0.15) is 17.1 Å². The molecule has 162 valence electrons. The number of carbonyl (C=O) groups is 1. The molecule has 1 aliphatic heterocycles. The lowest BCUT2D eigenvalue weighted by molar-refractivity contribution is -0.128. The zero-order valence-electron chi connectivity index (χ0n) is 18.8. The first kappa shape index (κ1) is 21.0. The summed E-state index contributed by atoms with van der Waals surface area (Å²) in [6.45, 7) is 9.64. The number of amides is 1. The van der Waals surface area contributed by atoms with Crippen LogP contribution in [0.2, 0.25) is 0 Å². The molecule has 2 heterocycles. The average Bonchev–Trinajstić information content (AvgIpc) is 3.06. The van der Waals surface area contributed by atoms with E-state index in [4.69, 9.17) is 9.15 Å². The van der Waals surface area contributed by atoms with Crippen LogP contribution in [0.4, 0.5) is 0 Å². The number of nitrogens with zero attached hydrogens (tertiary/aromatic N) is 2. The van der Waals surface area contributed by atoms with E-state index in [2.05, 4.69) is 17.9 Å². The summed E-state index contributed by atoms with van der Waals surface area (Å²) in [6.07, 6.45) is 8.50. The Morgan fingerprint density at radius 2 is 1.80 bits per heavy atom. The minimum absolute atomic E-state index is 0.0954. The van der Waals surface area contributed by atoms with Gasteiger partial charge in [0.25, 0.3) is 0 Å². The normalized spacial score (nSPS) is 19.5. The molecule has 2 aromatic rings. The molecule has 1 saturated heterocycles. The molecular weight excluding hydrogens is 376 g/mol. The van der Waals surface area contributed by atoms with Gasteiger partial charge >= 0.3 is 0 Å². The highest BCUT2D eigenvalue weighted by Crippen LogP contribution is 2.35. The number of rotatable bonds is 4. The number of benzene rings is 1. The molecular formula is C25H34N2O3. The Labute approximate surface area is 179 Å². The number of fused-ring (bicyclic) bond motifs is 1. The van der Waals surface area contributed by atoms with E-state index in [1.54, 1.807) is 13.2 Å². The average molecular weight is 411 g/mol. The third kappa shape index (κ3) is 4.13. The van der Waals surface area contributed by atoms with Crippen LogP contribution >= 0.6 is 0 Å². The van der Waals surface area contributed by atoms with Gasteiger partial charge in [-0.3, -0.25) is 9.69 Å². The molecule has 5 heteroatoms. The minimum Gasteiger partial charge on any atom is -0.496 e. The number of hydrogen-bond donors (Lipinski definition) is 0. The van der Waals surface area contributed by atoms with Crippen molar-refractivity contribution >= 4 is 22.4 Å². The Morgan fingerprint density at radius 3 is 2.47 bits per heavy atom. The largest absolute Gasteiger partial charge is 0.496 e. The second kappa shape index (κ2) is 8.84. The molecule has 30 heavy (non-hydrogen) atoms. The summed E-state index contributed by atoms with van der Waals surface area (Å²) >= 11 is 0. The highest BCUT2D eigenvalue weighted by molar-refractivity contribution is 5.97. The van der Waals surface area contributed by atoms with Crippen molar-refractivity contribution in [2.45, 2.75) is 58.9 Å². The topological polar surface area (TPSA) is 45.9 Å². The van der Waals surface area contributed by atoms with Crippen LogP contribution in [0.1, 0.15) is 55.9 Å². The summed E-state index contributed by atoms with van der Waals surface area (Å²) in [4.78, 5) is 17.6. The van der Waals surface area contributed by atoms with Crippen LogP contribution < -0.4 is 4.74 Å². The van der Waals surface area contributed by atoms with Gasteiger partial charge in [-0.05, 0) is 50.8 Å². The number of carbonyl (C=O) groups excluding carboxylic acids is 1.